The molecule has 1 aromatic carbocycles. The molecule has 1 aliphatic rings. The van der Waals surface area contributed by atoms with E-state index in [0.717, 1.165) is 23.2 Å². The van der Waals surface area contributed by atoms with Gasteiger partial charge < -0.3 is 20.1 Å². The quantitative estimate of drug-likeness (QED) is 0.650. The lowest BCUT2D eigenvalue weighted by molar-refractivity contribution is 0.155. The van der Waals surface area contributed by atoms with Gasteiger partial charge in [0, 0.05) is 60.1 Å². The number of benzene rings is 1. The van der Waals surface area contributed by atoms with Crippen molar-refractivity contribution in [3.63, 3.8) is 0 Å². The summed E-state index contributed by atoms with van der Waals surface area (Å²) < 4.78 is 5.60. The van der Waals surface area contributed by atoms with Gasteiger partial charge in [-0.15, -0.1) is 0 Å². The van der Waals surface area contributed by atoms with Crippen molar-refractivity contribution < 1.29 is 14.6 Å². The lowest BCUT2D eigenvalue weighted by Gasteiger charge is -2.15. The molecule has 3 heterocycles. The van der Waals surface area contributed by atoms with E-state index in [1.165, 1.54) is 4.90 Å². The maximum absolute atomic E-state index is 11.1. The van der Waals surface area contributed by atoms with Crippen molar-refractivity contribution in [3.8, 4) is 22.9 Å². The third-order valence-corrected chi connectivity index (χ3v) is 4.77. The molecular formula is C20H18ClN5O3. The van der Waals surface area contributed by atoms with Crippen LogP contribution in [0.5, 0.6) is 11.8 Å². The van der Waals surface area contributed by atoms with Gasteiger partial charge in [0.15, 0.2) is 0 Å². The van der Waals surface area contributed by atoms with E-state index in [-0.39, 0.29) is 12.1 Å². The number of anilines is 1. The number of aromatic nitrogens is 3. The van der Waals surface area contributed by atoms with E-state index in [9.17, 15) is 4.79 Å². The van der Waals surface area contributed by atoms with E-state index < -0.39 is 6.09 Å². The number of nitrogens with zero attached hydrogens (tertiary/aromatic N) is 4. The summed E-state index contributed by atoms with van der Waals surface area (Å²) in [4.78, 5) is 25.2. The van der Waals surface area contributed by atoms with Crippen LogP contribution >= 0.6 is 11.6 Å². The summed E-state index contributed by atoms with van der Waals surface area (Å²) in [6, 6.07) is 9.23. The van der Waals surface area contributed by atoms with Crippen LogP contribution in [0.15, 0.2) is 55.1 Å². The molecule has 1 saturated heterocycles. The summed E-state index contributed by atoms with van der Waals surface area (Å²) in [5, 5.41) is 13.0. The number of pyridine rings is 1. The summed E-state index contributed by atoms with van der Waals surface area (Å²) >= 11 is 5.95. The van der Waals surface area contributed by atoms with Gasteiger partial charge >= 0.3 is 12.1 Å². The molecule has 8 nitrogen and oxygen atoms in total. The van der Waals surface area contributed by atoms with Crippen molar-refractivity contribution in [3.05, 3.63) is 60.1 Å². The highest BCUT2D eigenvalue weighted by molar-refractivity contribution is 6.30. The smallest absolute Gasteiger partial charge is 0.407 e. The highest BCUT2D eigenvalue weighted by Crippen LogP contribution is 2.25. The normalized spacial score (nSPS) is 15.9. The third-order valence-electron chi connectivity index (χ3n) is 4.53. The standard InChI is InChI=1S/C20H18ClN5O3/c21-15-2-1-3-18(7-15)29-19-23-9-14(10-24-19)13-6-17(11-22-8-13)25-16-4-5-26(12-16)20(27)28/h1-3,6-11,16,25H,4-5,12H2,(H,27,28)/t16-/m0/s1. The third kappa shape index (κ3) is 4.72. The Balaban J connectivity index is 1.43. The number of amides is 1. The molecule has 29 heavy (non-hydrogen) atoms. The van der Waals surface area contributed by atoms with Crippen molar-refractivity contribution >= 4 is 23.4 Å². The molecule has 0 aliphatic carbocycles. The fourth-order valence-corrected chi connectivity index (χ4v) is 3.30. The number of nitrogens with one attached hydrogen (secondary N) is 1. The average molecular weight is 412 g/mol. The van der Waals surface area contributed by atoms with E-state index in [2.05, 4.69) is 20.3 Å². The lowest BCUT2D eigenvalue weighted by atomic mass is 10.1. The molecule has 3 aromatic rings. The van der Waals surface area contributed by atoms with Crippen LogP contribution in [0.2, 0.25) is 5.02 Å². The minimum atomic E-state index is -0.890. The molecular weight excluding hydrogens is 394 g/mol. The molecule has 0 bridgehead atoms. The van der Waals surface area contributed by atoms with E-state index in [1.807, 2.05) is 6.07 Å². The van der Waals surface area contributed by atoms with Crippen LogP contribution in [0, 0.1) is 0 Å². The zero-order valence-corrected chi connectivity index (χ0v) is 16.1. The number of carbonyl (C=O) groups is 1. The van der Waals surface area contributed by atoms with Crippen LogP contribution < -0.4 is 10.1 Å². The molecule has 1 fully saturated rings. The number of hydrogen-bond donors (Lipinski definition) is 2. The van der Waals surface area contributed by atoms with E-state index in [1.54, 1.807) is 49.1 Å². The SMILES string of the molecule is O=C(O)N1CC[C@H](Nc2cncc(-c3cnc(Oc4cccc(Cl)c4)nc3)c2)C1. The second-order valence-corrected chi connectivity index (χ2v) is 7.07. The summed E-state index contributed by atoms with van der Waals surface area (Å²) in [6.07, 6.45) is 6.63. The molecule has 0 spiro atoms. The van der Waals surface area contributed by atoms with Crippen molar-refractivity contribution in [2.75, 3.05) is 18.4 Å². The van der Waals surface area contributed by atoms with Gasteiger partial charge in [-0.2, -0.15) is 0 Å². The van der Waals surface area contributed by atoms with Crippen LogP contribution in [0.3, 0.4) is 0 Å². The summed E-state index contributed by atoms with van der Waals surface area (Å²) in [5.41, 5.74) is 2.45. The maximum Gasteiger partial charge on any atom is 0.407 e. The summed E-state index contributed by atoms with van der Waals surface area (Å²) in [6.45, 7) is 0.986. The first-order valence-electron chi connectivity index (χ1n) is 9.02. The Morgan fingerprint density at radius 1 is 1.17 bits per heavy atom. The molecule has 2 aromatic heterocycles. The number of likely N-dealkylation sites (tertiary alicyclic amines) is 1. The molecule has 148 valence electrons. The van der Waals surface area contributed by atoms with Gasteiger partial charge in [0.25, 0.3) is 0 Å². The van der Waals surface area contributed by atoms with E-state index in [0.29, 0.717) is 23.9 Å². The van der Waals surface area contributed by atoms with Gasteiger partial charge in [-0.05, 0) is 30.7 Å². The fraction of sp³-hybridized carbons (Fsp3) is 0.200. The van der Waals surface area contributed by atoms with Crippen molar-refractivity contribution in [1.82, 2.24) is 19.9 Å². The maximum atomic E-state index is 11.1. The van der Waals surface area contributed by atoms with Crippen LogP contribution in [-0.2, 0) is 0 Å². The van der Waals surface area contributed by atoms with Crippen LogP contribution in [0.1, 0.15) is 6.42 Å². The molecule has 9 heteroatoms. The first-order chi connectivity index (χ1) is 14.1. The Morgan fingerprint density at radius 3 is 2.72 bits per heavy atom. The largest absolute Gasteiger partial charge is 0.465 e. The number of carboxylic acid groups (broad SMARTS) is 1. The minimum absolute atomic E-state index is 0.0628. The molecule has 1 amide bonds. The second-order valence-electron chi connectivity index (χ2n) is 6.63. The molecule has 0 saturated carbocycles. The fourth-order valence-electron chi connectivity index (χ4n) is 3.12. The Bertz CT molecular complexity index is 1020. The topological polar surface area (TPSA) is 100 Å². The highest BCUT2D eigenvalue weighted by atomic mass is 35.5. The lowest BCUT2D eigenvalue weighted by Crippen LogP contribution is -2.30. The van der Waals surface area contributed by atoms with Crippen LogP contribution in [0.25, 0.3) is 11.1 Å². The van der Waals surface area contributed by atoms with Gasteiger partial charge in [-0.25, -0.2) is 14.8 Å². The Kier molecular flexibility index (Phi) is 5.44. The number of rotatable bonds is 5. The highest BCUT2D eigenvalue weighted by Gasteiger charge is 2.25. The second kappa shape index (κ2) is 8.32. The Labute approximate surface area is 172 Å². The predicted octanol–water partition coefficient (Wildman–Crippen LogP) is 4.15. The van der Waals surface area contributed by atoms with Crippen LogP contribution in [0.4, 0.5) is 10.5 Å². The first-order valence-corrected chi connectivity index (χ1v) is 9.40. The predicted molar refractivity (Wildman–Crippen MR) is 108 cm³/mol. The Morgan fingerprint density at radius 2 is 2.00 bits per heavy atom. The van der Waals surface area contributed by atoms with Crippen molar-refractivity contribution in [2.24, 2.45) is 0 Å². The number of hydrogen-bond acceptors (Lipinski definition) is 6. The van der Waals surface area contributed by atoms with E-state index in [4.69, 9.17) is 21.4 Å². The van der Waals surface area contributed by atoms with Gasteiger partial charge in [-0.3, -0.25) is 4.98 Å². The number of halogens is 1. The average Bonchev–Trinajstić information content (AvgIpc) is 3.18. The zero-order chi connectivity index (χ0) is 20.2. The minimum Gasteiger partial charge on any atom is -0.465 e. The molecule has 0 radical (unpaired) electrons. The summed E-state index contributed by atoms with van der Waals surface area (Å²) in [5.74, 6) is 0.560. The Hall–Kier alpha value is -3.39. The van der Waals surface area contributed by atoms with Gasteiger partial charge in [-0.1, -0.05) is 17.7 Å². The van der Waals surface area contributed by atoms with Gasteiger partial charge in [0.05, 0.1) is 5.69 Å². The summed E-state index contributed by atoms with van der Waals surface area (Å²) in [7, 11) is 0. The first kappa shape index (κ1) is 18.9. The molecule has 1 atom stereocenters. The van der Waals surface area contributed by atoms with Gasteiger partial charge in [0.1, 0.15) is 5.75 Å². The zero-order valence-electron chi connectivity index (χ0n) is 15.3. The molecule has 2 N–H and O–H groups in total. The molecule has 1 aliphatic heterocycles. The van der Waals surface area contributed by atoms with Crippen molar-refractivity contribution in [2.45, 2.75) is 12.5 Å². The monoisotopic (exact) mass is 411 g/mol. The molecule has 4 rings (SSSR count). The number of ether oxygens (including phenoxy) is 1. The molecule has 0 unspecified atom stereocenters. The van der Waals surface area contributed by atoms with E-state index >= 15 is 0 Å². The van der Waals surface area contributed by atoms with Gasteiger partial charge in [0.2, 0.25) is 0 Å². The van der Waals surface area contributed by atoms with Crippen molar-refractivity contribution in [1.29, 1.82) is 0 Å². The van der Waals surface area contributed by atoms with Crippen LogP contribution in [-0.4, -0.2) is 50.2 Å².